The van der Waals surface area contributed by atoms with Crippen LogP contribution in [0, 0.1) is 0 Å². The number of phosphoric acid groups is 1. The molecule has 0 fully saturated rings. The first-order valence-electron chi connectivity index (χ1n) is 22.1. The van der Waals surface area contributed by atoms with Gasteiger partial charge in [-0.15, -0.1) is 0 Å². The van der Waals surface area contributed by atoms with Crippen LogP contribution in [0.1, 0.15) is 194 Å². The van der Waals surface area contributed by atoms with E-state index >= 15 is 0 Å². The number of hydrogen-bond donors (Lipinski definition) is 0. The van der Waals surface area contributed by atoms with Gasteiger partial charge in [-0.05, 0) is 19.3 Å². The zero-order chi connectivity index (χ0) is 40.0. The Hall–Kier alpha value is -1.51. The SMILES string of the molecule is CCCCCCCCCCCCC/C=C/C=C/C(=O)OC[C@H](COP(=O)([O-])OCC[N+](C)(C)C)OC(=O)CCCCCCCCCCCCCCCCC. The van der Waals surface area contributed by atoms with Gasteiger partial charge in [0.25, 0.3) is 7.82 Å². The number of phosphoric ester groups is 1. The molecule has 1 unspecified atom stereocenters. The van der Waals surface area contributed by atoms with Crippen LogP contribution in [0.3, 0.4) is 0 Å². The summed E-state index contributed by atoms with van der Waals surface area (Å²) in [6.45, 7) is 4.11. The van der Waals surface area contributed by atoms with Crippen LogP contribution in [0.4, 0.5) is 0 Å². The molecule has 0 spiro atoms. The summed E-state index contributed by atoms with van der Waals surface area (Å²) in [5.74, 6) is -1.08. The Bertz CT molecular complexity index is 980. The summed E-state index contributed by atoms with van der Waals surface area (Å²) in [6.07, 6.45) is 39.8. The lowest BCUT2D eigenvalue weighted by molar-refractivity contribution is -0.870. The molecule has 0 heterocycles. The molecule has 0 radical (unpaired) electrons. The predicted octanol–water partition coefficient (Wildman–Crippen LogP) is 11.7. The van der Waals surface area contributed by atoms with Crippen molar-refractivity contribution in [3.05, 3.63) is 24.3 Å². The molecule has 0 aliphatic rings. The second-order valence-corrected chi connectivity index (χ2v) is 17.6. The number of hydrogen-bond acceptors (Lipinski definition) is 8. The largest absolute Gasteiger partial charge is 0.756 e. The summed E-state index contributed by atoms with van der Waals surface area (Å²) in [7, 11) is 1.13. The van der Waals surface area contributed by atoms with Gasteiger partial charge in [-0.3, -0.25) is 9.36 Å². The molecule has 0 saturated carbocycles. The van der Waals surface area contributed by atoms with E-state index in [2.05, 4.69) is 13.8 Å². The van der Waals surface area contributed by atoms with Crippen molar-refractivity contribution in [1.29, 1.82) is 0 Å². The van der Waals surface area contributed by atoms with E-state index in [1.807, 2.05) is 33.3 Å². The number of likely N-dealkylation sites (N-methyl/N-ethyl adjacent to an activating group) is 1. The molecule has 0 aliphatic heterocycles. The number of quaternary nitrogens is 1. The van der Waals surface area contributed by atoms with Crippen molar-refractivity contribution in [3.63, 3.8) is 0 Å². The first-order chi connectivity index (χ1) is 26.0. The van der Waals surface area contributed by atoms with Gasteiger partial charge in [0.1, 0.15) is 19.8 Å². The quantitative estimate of drug-likeness (QED) is 0.0151. The maximum Gasteiger partial charge on any atom is 0.330 e. The fourth-order valence-corrected chi connectivity index (χ4v) is 6.83. The first kappa shape index (κ1) is 52.5. The van der Waals surface area contributed by atoms with Crippen molar-refractivity contribution in [2.75, 3.05) is 47.5 Å². The summed E-state index contributed by atoms with van der Waals surface area (Å²) in [5, 5.41) is 0. The molecule has 2 atom stereocenters. The number of carbonyl (C=O) groups is 2. The molecular formula is C44H84NO8P. The molecular weight excluding hydrogens is 701 g/mol. The predicted molar refractivity (Wildman–Crippen MR) is 222 cm³/mol. The van der Waals surface area contributed by atoms with Crippen molar-refractivity contribution in [1.82, 2.24) is 0 Å². The van der Waals surface area contributed by atoms with E-state index in [-0.39, 0.29) is 19.6 Å². The fraction of sp³-hybridized carbons (Fsp3) is 0.864. The average Bonchev–Trinajstić information content (AvgIpc) is 3.12. The van der Waals surface area contributed by atoms with E-state index in [9.17, 15) is 19.0 Å². The number of nitrogens with zero attached hydrogens (tertiary/aromatic N) is 1. The molecule has 0 N–H and O–H groups in total. The van der Waals surface area contributed by atoms with Gasteiger partial charge in [-0.1, -0.05) is 186 Å². The Morgan fingerprint density at radius 3 is 1.52 bits per heavy atom. The summed E-state index contributed by atoms with van der Waals surface area (Å²) in [5.41, 5.74) is 0. The zero-order valence-electron chi connectivity index (χ0n) is 35.7. The Morgan fingerprint density at radius 2 is 1.06 bits per heavy atom. The van der Waals surface area contributed by atoms with Crippen LogP contribution in [0.2, 0.25) is 0 Å². The summed E-state index contributed by atoms with van der Waals surface area (Å²) in [4.78, 5) is 37.4. The van der Waals surface area contributed by atoms with Crippen molar-refractivity contribution in [3.8, 4) is 0 Å². The highest BCUT2D eigenvalue weighted by molar-refractivity contribution is 7.45. The van der Waals surface area contributed by atoms with Gasteiger partial charge in [0.15, 0.2) is 6.10 Å². The Kier molecular flexibility index (Phi) is 36.1. The number of allylic oxidation sites excluding steroid dienone is 3. The standard InChI is InChI=1S/C44H84NO8P/c1-6-8-10-12-14-16-18-20-22-24-26-28-30-32-34-36-43(46)50-40-42(41-52-54(48,49)51-39-38-45(3,4)5)53-44(47)37-35-33-31-29-27-25-23-21-19-17-15-13-11-9-7-2/h30,32,34,36,42H,6-29,31,33,35,37-41H2,1-5H3/b32-30+,36-34+/t42-/m1/s1. The van der Waals surface area contributed by atoms with Crippen molar-refractivity contribution >= 4 is 19.8 Å². The molecule has 0 bridgehead atoms. The van der Waals surface area contributed by atoms with Gasteiger partial charge in [-0.25, -0.2) is 4.79 Å². The van der Waals surface area contributed by atoms with Crippen molar-refractivity contribution in [2.24, 2.45) is 0 Å². The third-order valence-corrected chi connectivity index (χ3v) is 10.5. The molecule has 0 aromatic carbocycles. The Morgan fingerprint density at radius 1 is 0.611 bits per heavy atom. The maximum absolute atomic E-state index is 12.6. The average molecular weight is 786 g/mol. The monoisotopic (exact) mass is 786 g/mol. The third-order valence-electron chi connectivity index (χ3n) is 9.58. The van der Waals surface area contributed by atoms with Crippen LogP contribution in [-0.4, -0.2) is 70.0 Å². The highest BCUT2D eigenvalue weighted by atomic mass is 31.2. The third kappa shape index (κ3) is 40.2. The fourth-order valence-electron chi connectivity index (χ4n) is 6.10. The summed E-state index contributed by atoms with van der Waals surface area (Å²) < 4.78 is 33.7. The van der Waals surface area contributed by atoms with Crippen LogP contribution in [0.5, 0.6) is 0 Å². The van der Waals surface area contributed by atoms with Crippen molar-refractivity contribution < 1.29 is 42.1 Å². The van der Waals surface area contributed by atoms with Crippen molar-refractivity contribution in [2.45, 2.75) is 200 Å². The number of esters is 2. The highest BCUT2D eigenvalue weighted by Crippen LogP contribution is 2.38. The Labute approximate surface area is 332 Å². The molecule has 0 aromatic rings. The molecule has 54 heavy (non-hydrogen) atoms. The molecule has 0 saturated heterocycles. The number of carbonyl (C=O) groups excluding carboxylic acids is 2. The van der Waals surface area contributed by atoms with E-state index in [1.165, 1.54) is 141 Å². The van der Waals surface area contributed by atoms with Crippen LogP contribution in [0.15, 0.2) is 24.3 Å². The van der Waals surface area contributed by atoms with Gasteiger partial charge in [0, 0.05) is 12.5 Å². The van der Waals surface area contributed by atoms with Gasteiger partial charge < -0.3 is 27.9 Å². The first-order valence-corrected chi connectivity index (χ1v) is 23.5. The lowest BCUT2D eigenvalue weighted by atomic mass is 10.0. The van der Waals surface area contributed by atoms with E-state index in [1.54, 1.807) is 6.08 Å². The topological polar surface area (TPSA) is 111 Å². The van der Waals surface area contributed by atoms with Crippen LogP contribution in [0.25, 0.3) is 0 Å². The second kappa shape index (κ2) is 37.1. The minimum absolute atomic E-state index is 0.0412. The van der Waals surface area contributed by atoms with E-state index in [4.69, 9.17) is 18.5 Å². The number of rotatable bonds is 40. The van der Waals surface area contributed by atoms with E-state index < -0.39 is 32.5 Å². The van der Waals surface area contributed by atoms with Gasteiger partial charge in [-0.2, -0.15) is 0 Å². The molecule has 10 heteroatoms. The Balaban J connectivity index is 4.44. The van der Waals surface area contributed by atoms with Gasteiger partial charge in [0.05, 0.1) is 27.7 Å². The lowest BCUT2D eigenvalue weighted by Gasteiger charge is -2.28. The second-order valence-electron chi connectivity index (χ2n) is 16.1. The molecule has 0 amide bonds. The van der Waals surface area contributed by atoms with Crippen LogP contribution >= 0.6 is 7.82 Å². The van der Waals surface area contributed by atoms with Gasteiger partial charge in [0.2, 0.25) is 0 Å². The van der Waals surface area contributed by atoms with Gasteiger partial charge >= 0.3 is 11.9 Å². The summed E-state index contributed by atoms with van der Waals surface area (Å²) in [6, 6.07) is 0. The molecule has 0 aromatic heterocycles. The number of ether oxygens (including phenoxy) is 2. The molecule has 9 nitrogen and oxygen atoms in total. The highest BCUT2D eigenvalue weighted by Gasteiger charge is 2.21. The smallest absolute Gasteiger partial charge is 0.330 e. The molecule has 0 rings (SSSR count). The molecule has 0 aliphatic carbocycles. The molecule has 318 valence electrons. The summed E-state index contributed by atoms with van der Waals surface area (Å²) >= 11 is 0. The number of unbranched alkanes of at least 4 members (excludes halogenated alkanes) is 25. The zero-order valence-corrected chi connectivity index (χ0v) is 36.6. The normalized spacial score (nSPS) is 13.8. The minimum Gasteiger partial charge on any atom is -0.756 e. The van der Waals surface area contributed by atoms with Crippen LogP contribution < -0.4 is 4.89 Å². The van der Waals surface area contributed by atoms with E-state index in [0.29, 0.717) is 17.4 Å². The van der Waals surface area contributed by atoms with E-state index in [0.717, 1.165) is 32.1 Å². The minimum atomic E-state index is -4.64. The van der Waals surface area contributed by atoms with Crippen LogP contribution in [-0.2, 0) is 32.7 Å². The maximum atomic E-state index is 12.6. The lowest BCUT2D eigenvalue weighted by Crippen LogP contribution is -2.37.